The Labute approximate surface area is 343 Å². The van der Waals surface area contributed by atoms with Gasteiger partial charge >= 0.3 is 59.1 Å². The van der Waals surface area contributed by atoms with Crippen molar-refractivity contribution in [3.8, 4) is 0 Å². The summed E-state index contributed by atoms with van der Waals surface area (Å²) in [5.74, 6) is -1.57. The van der Waals surface area contributed by atoms with Crippen molar-refractivity contribution in [3.05, 3.63) is 140 Å². The maximum Gasteiger partial charge on any atom is 1.00 e. The van der Waals surface area contributed by atoms with E-state index in [0.29, 0.717) is 17.6 Å². The van der Waals surface area contributed by atoms with E-state index in [9.17, 15) is 37.4 Å². The van der Waals surface area contributed by atoms with Crippen LogP contribution in [0.4, 0.5) is 0 Å². The van der Waals surface area contributed by atoms with Gasteiger partial charge < -0.3 is 9.81 Å². The Morgan fingerprint density at radius 2 is 1.08 bits per heavy atom. The van der Waals surface area contributed by atoms with Crippen LogP contribution in [0.3, 0.4) is 0 Å². The fraction of sp³-hybridized carbons (Fsp3) is 0.0556. The molecule has 5 aromatic carbocycles. The van der Waals surface area contributed by atoms with Crippen LogP contribution in [0.2, 0.25) is 0 Å². The van der Waals surface area contributed by atoms with Gasteiger partial charge in [0, 0.05) is 21.5 Å². The van der Waals surface area contributed by atoms with Gasteiger partial charge in [-0.2, -0.15) is 4.33 Å². The third-order valence-electron chi connectivity index (χ3n) is 8.42. The molecule has 7 aromatic rings. The van der Waals surface area contributed by atoms with E-state index in [4.69, 9.17) is 0 Å². The van der Waals surface area contributed by atoms with Crippen molar-refractivity contribution in [2.75, 3.05) is 0 Å². The van der Waals surface area contributed by atoms with Gasteiger partial charge in [-0.25, -0.2) is 8.42 Å². The monoisotopic (exact) mass is 752 g/mol. The molecule has 0 spiro atoms. The molecule has 2 aromatic heterocycles. The summed E-state index contributed by atoms with van der Waals surface area (Å²) in [7, 11) is -5.10. The average Bonchev–Trinajstić information content (AvgIpc) is 3.10. The molecule has 0 unspecified atom stereocenters. The van der Waals surface area contributed by atoms with Crippen molar-refractivity contribution in [2.45, 2.75) is 23.6 Å². The molecule has 16 heteroatoms. The largest absolute Gasteiger partial charge is 1.00 e. The first-order valence-corrected chi connectivity index (χ1v) is 17.0. The maximum absolute atomic E-state index is 14.5. The second-order valence-corrected chi connectivity index (χ2v) is 13.6. The number of carbonyl (C=O) groups is 2. The number of pyridine rings is 2. The van der Waals surface area contributed by atoms with Gasteiger partial charge in [0.15, 0.2) is 10.9 Å². The molecule has 0 aliphatic carbocycles. The summed E-state index contributed by atoms with van der Waals surface area (Å²) in [4.78, 5) is 56.8. The predicted molar refractivity (Wildman–Crippen MR) is 183 cm³/mol. The number of hydrogen-bond acceptors (Lipinski definition) is 11. The van der Waals surface area contributed by atoms with Crippen LogP contribution in [0.25, 0.3) is 43.6 Å². The second-order valence-electron chi connectivity index (χ2n) is 11.5. The van der Waals surface area contributed by atoms with E-state index in [1.165, 1.54) is 53.1 Å². The molecular formula is C36H22N2Na2O10S2. The van der Waals surface area contributed by atoms with E-state index < -0.39 is 43.2 Å². The summed E-state index contributed by atoms with van der Waals surface area (Å²) in [6.07, 6.45) is 0. The standard InChI is InChI=1S/C36H24N2O10S2.2Na/c1-19-11-13-27-23(15-19)33(39)25-18-30-26(17-29(25)37(27)35(41)21-7-3-5-9-31(21)49-48-47-43)34(40)24-16-20(2)12-14-28(24)38(30)36(42)22-8-4-6-10-32(22)50(44,45)46;;/h3-18,43H,1-2H3,(H,44,45,46);;/q;2*+1/p-2. The predicted octanol–water partition coefficient (Wildman–Crippen LogP) is -1.24. The second kappa shape index (κ2) is 15.5. The molecule has 0 saturated carbocycles. The summed E-state index contributed by atoms with van der Waals surface area (Å²) >= 11 is 0.514. The SMILES string of the molecule is Cc1ccc2c(c1)c(=O)c1cc3c(cc1n2C(=O)c1ccccc1SOO[O-])c(=O)c1cc(C)ccc1n3C(=O)c1ccccc1S(=O)(=O)[O-].[Na+].[Na+]. The number of benzene rings is 5. The first-order chi connectivity index (χ1) is 23.9. The van der Waals surface area contributed by atoms with Crippen molar-refractivity contribution >= 4 is 77.6 Å². The van der Waals surface area contributed by atoms with Gasteiger partial charge in [-0.3, -0.25) is 33.4 Å². The average molecular weight is 753 g/mol. The number of carbonyl (C=O) groups excluding carboxylic acids is 2. The third-order valence-corrected chi connectivity index (χ3v) is 9.98. The van der Waals surface area contributed by atoms with Gasteiger partial charge in [0.2, 0.25) is 0 Å². The van der Waals surface area contributed by atoms with E-state index >= 15 is 0 Å². The van der Waals surface area contributed by atoms with Crippen LogP contribution in [0.1, 0.15) is 31.8 Å². The van der Waals surface area contributed by atoms with E-state index in [2.05, 4.69) is 9.37 Å². The van der Waals surface area contributed by atoms with Gasteiger partial charge in [-0.05, 0) is 74.5 Å². The van der Waals surface area contributed by atoms with Crippen LogP contribution < -0.4 is 75.2 Å². The summed E-state index contributed by atoms with van der Waals surface area (Å²) in [5.41, 5.74) is 0.328. The maximum atomic E-state index is 14.5. The van der Waals surface area contributed by atoms with Crippen molar-refractivity contribution in [3.63, 3.8) is 0 Å². The van der Waals surface area contributed by atoms with Crippen LogP contribution in [0.5, 0.6) is 0 Å². The number of aryl methyl sites for hydroxylation is 2. The number of fused-ring (bicyclic) bond motifs is 4. The number of hydrogen-bond donors (Lipinski definition) is 0. The molecule has 0 aliphatic heterocycles. The topological polar surface area (TPSA) is 177 Å². The van der Waals surface area contributed by atoms with Gasteiger partial charge in [-0.15, -0.1) is 0 Å². The van der Waals surface area contributed by atoms with E-state index in [0.717, 1.165) is 16.2 Å². The quantitative estimate of drug-likeness (QED) is 0.0496. The third kappa shape index (κ3) is 6.86. The molecule has 0 radical (unpaired) electrons. The number of rotatable bonds is 6. The van der Waals surface area contributed by atoms with Crippen LogP contribution in [-0.4, -0.2) is 33.9 Å². The van der Waals surface area contributed by atoms with Crippen molar-refractivity contribution in [2.24, 2.45) is 0 Å². The fourth-order valence-corrected chi connectivity index (χ4v) is 7.37. The zero-order valence-electron chi connectivity index (χ0n) is 28.0. The molecule has 52 heavy (non-hydrogen) atoms. The Hall–Kier alpha value is -3.48. The molecule has 12 nitrogen and oxygen atoms in total. The summed E-state index contributed by atoms with van der Waals surface area (Å²) in [6, 6.07) is 23.5. The van der Waals surface area contributed by atoms with E-state index in [-0.39, 0.29) is 113 Å². The molecule has 7 rings (SSSR count). The van der Waals surface area contributed by atoms with Crippen molar-refractivity contribution in [1.29, 1.82) is 0 Å². The van der Waals surface area contributed by atoms with E-state index in [1.807, 2.05) is 0 Å². The molecule has 0 saturated heterocycles. The van der Waals surface area contributed by atoms with Crippen molar-refractivity contribution < 1.29 is 96.3 Å². The molecular weight excluding hydrogens is 731 g/mol. The molecule has 0 atom stereocenters. The van der Waals surface area contributed by atoms with Crippen LogP contribution in [0, 0.1) is 13.8 Å². The fourth-order valence-electron chi connectivity index (χ4n) is 6.22. The Kier molecular flexibility index (Phi) is 11.8. The Morgan fingerprint density at radius 1 is 0.635 bits per heavy atom. The summed E-state index contributed by atoms with van der Waals surface area (Å²) in [6.45, 7) is 3.52. The zero-order chi connectivity index (χ0) is 35.5. The number of nitrogens with zero attached hydrogens (tertiary/aromatic N) is 2. The molecule has 0 aliphatic rings. The smallest absolute Gasteiger partial charge is 0.744 e. The van der Waals surface area contributed by atoms with Gasteiger partial charge in [0.05, 0.1) is 55.0 Å². The molecule has 0 fully saturated rings. The number of aromatic nitrogens is 2. The van der Waals surface area contributed by atoms with Crippen LogP contribution >= 0.6 is 12.0 Å². The minimum Gasteiger partial charge on any atom is -0.744 e. The molecule has 0 amide bonds. The normalized spacial score (nSPS) is 11.5. The Bertz CT molecular complexity index is 2850. The van der Waals surface area contributed by atoms with Gasteiger partial charge in [0.1, 0.15) is 10.1 Å². The van der Waals surface area contributed by atoms with E-state index in [1.54, 1.807) is 56.3 Å². The van der Waals surface area contributed by atoms with Gasteiger partial charge in [0.25, 0.3) is 11.8 Å². The molecule has 250 valence electrons. The first-order valence-electron chi connectivity index (χ1n) is 14.9. The van der Waals surface area contributed by atoms with Crippen molar-refractivity contribution in [1.82, 2.24) is 9.13 Å². The summed E-state index contributed by atoms with van der Waals surface area (Å²) < 4.78 is 43.5. The first kappa shape index (κ1) is 39.7. The van der Waals surface area contributed by atoms with Crippen LogP contribution in [0.15, 0.2) is 116 Å². The molecule has 0 bridgehead atoms. The molecule has 2 heterocycles. The summed E-state index contributed by atoms with van der Waals surface area (Å²) in [5, 5.41) is 14.3. The van der Waals surface area contributed by atoms with Crippen LogP contribution in [-0.2, 0) is 19.5 Å². The Balaban J connectivity index is 0.00000261. The minimum atomic E-state index is -5.10. The molecule has 0 N–H and O–H groups in total. The Morgan fingerprint density at radius 3 is 1.58 bits per heavy atom. The minimum absolute atomic E-state index is 0. The van der Waals surface area contributed by atoms with Gasteiger partial charge in [-0.1, -0.05) is 47.5 Å². The zero-order valence-corrected chi connectivity index (χ0v) is 33.7.